The lowest BCUT2D eigenvalue weighted by Crippen LogP contribution is -2.37. The molecule has 0 aromatic carbocycles. The average molecular weight is 355 g/mol. The van der Waals surface area contributed by atoms with Gasteiger partial charge in [-0.05, 0) is 28.8 Å². The number of hydrogen-bond donors (Lipinski definition) is 0. The average Bonchev–Trinajstić information content (AvgIpc) is 2.90. The van der Waals surface area contributed by atoms with Gasteiger partial charge in [0.25, 0.3) is 0 Å². The molecule has 6 heteroatoms. The summed E-state index contributed by atoms with van der Waals surface area (Å²) in [5, 5.41) is 0. The van der Waals surface area contributed by atoms with Gasteiger partial charge in [0.05, 0.1) is 6.54 Å². The highest BCUT2D eigenvalue weighted by Crippen LogP contribution is 2.24. The maximum absolute atomic E-state index is 12.2. The van der Waals surface area contributed by atoms with Crippen LogP contribution in [0.2, 0.25) is 0 Å². The molecule has 0 bridgehead atoms. The van der Waals surface area contributed by atoms with Crippen LogP contribution in [0.15, 0.2) is 10.7 Å². The first-order valence-corrected chi connectivity index (χ1v) is 8.10. The van der Waals surface area contributed by atoms with E-state index in [2.05, 4.69) is 46.7 Å². The van der Waals surface area contributed by atoms with Crippen LogP contribution in [0.1, 0.15) is 39.4 Å². The van der Waals surface area contributed by atoms with Crippen LogP contribution >= 0.6 is 15.9 Å². The van der Waals surface area contributed by atoms with E-state index < -0.39 is 0 Å². The van der Waals surface area contributed by atoms with Gasteiger partial charge in [-0.1, -0.05) is 20.8 Å². The normalized spacial score (nSPS) is 15.4. The summed E-state index contributed by atoms with van der Waals surface area (Å²) in [6.45, 7) is 8.35. The molecular formula is C15H23BrN4O. The molecule has 1 aliphatic rings. The smallest absolute Gasteiger partial charge is 0.242 e. The third kappa shape index (κ3) is 4.15. The molecule has 0 N–H and O–H groups in total. The zero-order valence-electron chi connectivity index (χ0n) is 13.2. The number of hydrogen-bond acceptors (Lipinski definition) is 4. The van der Waals surface area contributed by atoms with E-state index in [0.29, 0.717) is 6.54 Å². The van der Waals surface area contributed by atoms with Crippen LogP contribution in [0.4, 0.5) is 5.82 Å². The molecule has 116 valence electrons. The Balaban J connectivity index is 2.13. The lowest BCUT2D eigenvalue weighted by atomic mass is 9.96. The van der Waals surface area contributed by atoms with E-state index in [0.717, 1.165) is 42.2 Å². The van der Waals surface area contributed by atoms with Gasteiger partial charge in [-0.2, -0.15) is 0 Å². The molecule has 5 nitrogen and oxygen atoms in total. The number of aromatic nitrogens is 2. The summed E-state index contributed by atoms with van der Waals surface area (Å²) in [5.41, 5.74) is -0.127. The van der Waals surface area contributed by atoms with Crippen molar-refractivity contribution in [1.82, 2.24) is 14.9 Å². The van der Waals surface area contributed by atoms with Gasteiger partial charge in [-0.3, -0.25) is 4.79 Å². The van der Waals surface area contributed by atoms with E-state index in [9.17, 15) is 4.79 Å². The van der Waals surface area contributed by atoms with Gasteiger partial charge in [-0.15, -0.1) is 0 Å². The quantitative estimate of drug-likeness (QED) is 0.782. The van der Waals surface area contributed by atoms with Gasteiger partial charge < -0.3 is 9.80 Å². The third-order valence-electron chi connectivity index (χ3n) is 3.57. The molecule has 0 radical (unpaired) electrons. The first-order valence-electron chi connectivity index (χ1n) is 7.31. The summed E-state index contributed by atoms with van der Waals surface area (Å²) in [6.07, 6.45) is 2.23. The van der Waals surface area contributed by atoms with Gasteiger partial charge >= 0.3 is 0 Å². The molecule has 0 unspecified atom stereocenters. The zero-order chi connectivity index (χ0) is 15.6. The van der Waals surface area contributed by atoms with Crippen molar-refractivity contribution in [3.63, 3.8) is 0 Å². The summed E-state index contributed by atoms with van der Waals surface area (Å²) < 4.78 is 0.748. The molecular weight excluding hydrogens is 332 g/mol. The number of nitrogens with zero attached hydrogens (tertiary/aromatic N) is 4. The molecule has 0 aliphatic carbocycles. The highest BCUT2D eigenvalue weighted by atomic mass is 79.9. The van der Waals surface area contributed by atoms with Crippen LogP contribution in [-0.2, 0) is 10.2 Å². The monoisotopic (exact) mass is 354 g/mol. The predicted molar refractivity (Wildman–Crippen MR) is 87.5 cm³/mol. The van der Waals surface area contributed by atoms with Crippen molar-refractivity contribution in [3.05, 3.63) is 16.5 Å². The van der Waals surface area contributed by atoms with Crippen LogP contribution in [0.25, 0.3) is 0 Å². The maximum atomic E-state index is 12.2. The summed E-state index contributed by atoms with van der Waals surface area (Å²) in [4.78, 5) is 25.1. The first kappa shape index (κ1) is 16.2. The first-order chi connectivity index (χ1) is 9.77. The number of halogens is 1. The Morgan fingerprint density at radius 3 is 2.52 bits per heavy atom. The van der Waals surface area contributed by atoms with Gasteiger partial charge in [0.2, 0.25) is 5.91 Å². The molecule has 0 spiro atoms. The van der Waals surface area contributed by atoms with Gasteiger partial charge in [0.1, 0.15) is 16.2 Å². The van der Waals surface area contributed by atoms with Crippen LogP contribution in [0, 0.1) is 0 Å². The molecule has 0 saturated carbocycles. The van der Waals surface area contributed by atoms with Crippen LogP contribution < -0.4 is 4.90 Å². The number of likely N-dealkylation sites (tertiary alicyclic amines) is 1. The van der Waals surface area contributed by atoms with Crippen molar-refractivity contribution >= 4 is 27.7 Å². The number of carbonyl (C=O) groups is 1. The fourth-order valence-electron chi connectivity index (χ4n) is 2.29. The Morgan fingerprint density at radius 2 is 1.95 bits per heavy atom. The fraction of sp³-hybridized carbons (Fsp3) is 0.667. The Hall–Kier alpha value is -1.17. The molecule has 1 amide bonds. The van der Waals surface area contributed by atoms with Gasteiger partial charge in [-0.25, -0.2) is 9.97 Å². The second kappa shape index (κ2) is 6.30. The van der Waals surface area contributed by atoms with Crippen molar-refractivity contribution in [1.29, 1.82) is 0 Å². The van der Waals surface area contributed by atoms with Crippen LogP contribution in [0.5, 0.6) is 0 Å². The highest BCUT2D eigenvalue weighted by molar-refractivity contribution is 9.10. The summed E-state index contributed by atoms with van der Waals surface area (Å²) in [5.74, 6) is 1.71. The minimum absolute atomic E-state index is 0.127. The van der Waals surface area contributed by atoms with E-state index in [1.165, 1.54) is 0 Å². The summed E-state index contributed by atoms with van der Waals surface area (Å²) in [6, 6.07) is 1.85. The summed E-state index contributed by atoms with van der Waals surface area (Å²) >= 11 is 3.43. The molecule has 1 fully saturated rings. The number of carbonyl (C=O) groups excluding carboxylic acids is 1. The Labute approximate surface area is 134 Å². The zero-order valence-corrected chi connectivity index (χ0v) is 14.8. The summed E-state index contributed by atoms with van der Waals surface area (Å²) in [7, 11) is 1.90. The number of anilines is 1. The lowest BCUT2D eigenvalue weighted by Gasteiger charge is -2.24. The predicted octanol–water partition coefficient (Wildman–Crippen LogP) is 2.60. The molecule has 0 atom stereocenters. The second-order valence-corrected chi connectivity index (χ2v) is 7.38. The van der Waals surface area contributed by atoms with Gasteiger partial charge in [0, 0.05) is 31.6 Å². The number of rotatable bonds is 3. The number of likely N-dealkylation sites (N-methyl/N-ethyl adjacent to an activating group) is 1. The van der Waals surface area contributed by atoms with Gasteiger partial charge in [0.15, 0.2) is 0 Å². The Kier molecular flexibility index (Phi) is 4.86. The molecule has 21 heavy (non-hydrogen) atoms. The standard InChI is InChI=1S/C15H23BrN4O/c1-15(2,3)14-17-11(16)9-12(18-14)19(4)10-13(21)20-7-5-6-8-20/h9H,5-8,10H2,1-4H3. The Bertz CT molecular complexity index is 521. The van der Waals surface area contributed by atoms with Crippen LogP contribution in [0.3, 0.4) is 0 Å². The van der Waals surface area contributed by atoms with E-state index in [4.69, 9.17) is 0 Å². The van der Waals surface area contributed by atoms with E-state index >= 15 is 0 Å². The maximum Gasteiger partial charge on any atom is 0.242 e. The van der Waals surface area contributed by atoms with E-state index in [-0.39, 0.29) is 11.3 Å². The molecule has 1 saturated heterocycles. The van der Waals surface area contributed by atoms with E-state index in [1.54, 1.807) is 0 Å². The number of amides is 1. The minimum atomic E-state index is -0.127. The van der Waals surface area contributed by atoms with Crippen molar-refractivity contribution in [3.8, 4) is 0 Å². The van der Waals surface area contributed by atoms with E-state index in [1.807, 2.05) is 22.9 Å². The SMILES string of the molecule is CN(CC(=O)N1CCCC1)c1cc(Br)nc(C(C)(C)C)n1. The van der Waals surface area contributed by atoms with Crippen LogP contribution in [-0.4, -0.2) is 47.5 Å². The third-order valence-corrected chi connectivity index (χ3v) is 3.98. The van der Waals surface area contributed by atoms with Crippen molar-refractivity contribution in [2.75, 3.05) is 31.6 Å². The molecule has 1 aliphatic heterocycles. The minimum Gasteiger partial charge on any atom is -0.350 e. The largest absolute Gasteiger partial charge is 0.350 e. The molecule has 2 rings (SSSR count). The van der Waals surface area contributed by atoms with Crippen molar-refractivity contribution in [2.24, 2.45) is 0 Å². The topological polar surface area (TPSA) is 49.3 Å². The molecule has 1 aromatic heterocycles. The molecule has 2 heterocycles. The lowest BCUT2D eigenvalue weighted by molar-refractivity contribution is -0.128. The fourth-order valence-corrected chi connectivity index (χ4v) is 2.66. The second-order valence-electron chi connectivity index (χ2n) is 6.57. The van der Waals surface area contributed by atoms with Crippen molar-refractivity contribution in [2.45, 2.75) is 39.0 Å². The highest BCUT2D eigenvalue weighted by Gasteiger charge is 2.22. The van der Waals surface area contributed by atoms with Crippen molar-refractivity contribution < 1.29 is 4.79 Å². The molecule has 1 aromatic rings. The Morgan fingerprint density at radius 1 is 1.33 bits per heavy atom.